The number of benzene rings is 1. The first-order valence-corrected chi connectivity index (χ1v) is 5.51. The predicted molar refractivity (Wildman–Crippen MR) is 67.9 cm³/mol. The number of nitrogens with one attached hydrogen (secondary N) is 1. The summed E-state index contributed by atoms with van der Waals surface area (Å²) in [7, 11) is 0. The van der Waals surface area contributed by atoms with Crippen molar-refractivity contribution in [1.29, 1.82) is 0 Å². The van der Waals surface area contributed by atoms with Gasteiger partial charge in [0.25, 0.3) is 11.6 Å². The second-order valence-corrected chi connectivity index (χ2v) is 3.85. The number of hydrogen-bond donors (Lipinski definition) is 3. The van der Waals surface area contributed by atoms with Crippen molar-refractivity contribution in [2.24, 2.45) is 5.73 Å². The number of nitrogens with two attached hydrogens (primary N) is 1. The summed E-state index contributed by atoms with van der Waals surface area (Å²) in [4.78, 5) is 42.7. The third kappa shape index (κ3) is 4.16. The second-order valence-electron chi connectivity index (χ2n) is 3.85. The van der Waals surface area contributed by atoms with E-state index in [9.17, 15) is 24.5 Å². The summed E-state index contributed by atoms with van der Waals surface area (Å²) in [6.45, 7) is 1.29. The maximum Gasteiger partial charge on any atom is 0.342 e. The lowest BCUT2D eigenvalue weighted by molar-refractivity contribution is -0.385. The molecule has 1 unspecified atom stereocenters. The van der Waals surface area contributed by atoms with Crippen LogP contribution >= 0.6 is 0 Å². The molecule has 4 N–H and O–H groups in total. The van der Waals surface area contributed by atoms with Crippen molar-refractivity contribution in [3.63, 3.8) is 0 Å². The van der Waals surface area contributed by atoms with Gasteiger partial charge in [0, 0.05) is 12.1 Å². The number of ether oxygens (including phenoxy) is 1. The molecule has 0 fully saturated rings. The molecule has 10 nitrogen and oxygen atoms in total. The largest absolute Gasteiger partial charge is 0.481 e. The molecule has 0 heterocycles. The minimum absolute atomic E-state index is 0.0786. The van der Waals surface area contributed by atoms with Gasteiger partial charge < -0.3 is 15.6 Å². The van der Waals surface area contributed by atoms with Gasteiger partial charge in [0.2, 0.25) is 0 Å². The Hall–Kier alpha value is -3.17. The number of nitro groups is 1. The molecule has 0 aromatic heterocycles. The van der Waals surface area contributed by atoms with E-state index in [2.05, 4.69) is 0 Å². The maximum absolute atomic E-state index is 11.4. The fourth-order valence-electron chi connectivity index (χ4n) is 1.40. The van der Waals surface area contributed by atoms with Crippen LogP contribution in [0.3, 0.4) is 0 Å². The number of carbonyl (C=O) groups excluding carboxylic acids is 2. The van der Waals surface area contributed by atoms with Crippen molar-refractivity contribution >= 4 is 23.6 Å². The topological polar surface area (TPSA) is 162 Å². The number of rotatable bonds is 5. The summed E-state index contributed by atoms with van der Waals surface area (Å²) in [5, 5.41) is 21.4. The summed E-state index contributed by atoms with van der Waals surface area (Å²) in [6.07, 6.45) is -1.15. The molecule has 0 aliphatic rings. The summed E-state index contributed by atoms with van der Waals surface area (Å²) in [5.41, 5.74) is 3.57. The number of primary amides is 1. The highest BCUT2D eigenvalue weighted by Crippen LogP contribution is 2.24. The summed E-state index contributed by atoms with van der Waals surface area (Å²) < 4.78 is 5.10. The van der Waals surface area contributed by atoms with E-state index >= 15 is 0 Å². The Morgan fingerprint density at radius 2 is 2.05 bits per heavy atom. The number of imide groups is 1. The van der Waals surface area contributed by atoms with Crippen LogP contribution in [0.1, 0.15) is 17.3 Å². The SMILES string of the molecule is CC(Oc1ccc([N+](=O)[O-])c(C(=O)O)c1)C(=O)NC(N)=O. The molecule has 0 bridgehead atoms. The highest BCUT2D eigenvalue weighted by molar-refractivity contribution is 5.96. The molecular formula is C11H11N3O7. The average Bonchev–Trinajstić information content (AvgIpc) is 2.37. The molecular weight excluding hydrogens is 286 g/mol. The molecule has 10 heteroatoms. The Balaban J connectivity index is 2.97. The van der Waals surface area contributed by atoms with E-state index in [-0.39, 0.29) is 5.75 Å². The van der Waals surface area contributed by atoms with Crippen molar-refractivity contribution in [2.75, 3.05) is 0 Å². The summed E-state index contributed by atoms with van der Waals surface area (Å²) in [5.74, 6) is -2.43. The monoisotopic (exact) mass is 297 g/mol. The van der Waals surface area contributed by atoms with Gasteiger partial charge in [-0.3, -0.25) is 20.2 Å². The molecule has 1 rings (SSSR count). The van der Waals surface area contributed by atoms with Gasteiger partial charge in [-0.2, -0.15) is 0 Å². The molecule has 0 radical (unpaired) electrons. The van der Waals surface area contributed by atoms with E-state index in [1.54, 1.807) is 5.32 Å². The first-order chi connectivity index (χ1) is 9.72. The lowest BCUT2D eigenvalue weighted by Gasteiger charge is -2.13. The Morgan fingerprint density at radius 1 is 1.43 bits per heavy atom. The molecule has 0 aliphatic heterocycles. The normalized spacial score (nSPS) is 11.3. The fraction of sp³-hybridized carbons (Fsp3) is 0.182. The van der Waals surface area contributed by atoms with Gasteiger partial charge in [-0.25, -0.2) is 9.59 Å². The predicted octanol–water partition coefficient (Wildman–Crippen LogP) is 0.255. The lowest BCUT2D eigenvalue weighted by atomic mass is 10.1. The van der Waals surface area contributed by atoms with E-state index < -0.39 is 40.2 Å². The van der Waals surface area contributed by atoms with Crippen LogP contribution in [0.25, 0.3) is 0 Å². The standard InChI is InChI=1S/C11H11N3O7/c1-5(9(15)13-11(12)18)21-6-2-3-8(14(19)20)7(4-6)10(16)17/h2-5H,1H3,(H,16,17)(H3,12,13,15,18). The van der Waals surface area contributed by atoms with Crippen molar-refractivity contribution < 1.29 is 29.2 Å². The highest BCUT2D eigenvalue weighted by atomic mass is 16.6. The number of nitrogens with zero attached hydrogens (tertiary/aromatic N) is 1. The number of carbonyl (C=O) groups is 3. The molecule has 3 amide bonds. The summed E-state index contributed by atoms with van der Waals surface area (Å²) >= 11 is 0. The van der Waals surface area contributed by atoms with Gasteiger partial charge in [-0.15, -0.1) is 0 Å². The van der Waals surface area contributed by atoms with Gasteiger partial charge in [-0.1, -0.05) is 0 Å². The zero-order valence-corrected chi connectivity index (χ0v) is 10.7. The number of carboxylic acid groups (broad SMARTS) is 1. The number of hydrogen-bond acceptors (Lipinski definition) is 6. The third-order valence-corrected chi connectivity index (χ3v) is 2.32. The fourth-order valence-corrected chi connectivity index (χ4v) is 1.40. The van der Waals surface area contributed by atoms with E-state index in [1.165, 1.54) is 6.92 Å². The van der Waals surface area contributed by atoms with Crippen molar-refractivity contribution in [3.8, 4) is 5.75 Å². The Morgan fingerprint density at radius 3 is 2.52 bits per heavy atom. The summed E-state index contributed by atoms with van der Waals surface area (Å²) in [6, 6.07) is 1.93. The Bertz CT molecular complexity index is 614. The zero-order chi connectivity index (χ0) is 16.2. The van der Waals surface area contributed by atoms with Crippen LogP contribution in [0.15, 0.2) is 18.2 Å². The second kappa shape index (κ2) is 6.32. The molecule has 1 aromatic rings. The van der Waals surface area contributed by atoms with E-state index in [0.717, 1.165) is 18.2 Å². The quantitative estimate of drug-likeness (QED) is 0.518. The van der Waals surface area contributed by atoms with Gasteiger partial charge >= 0.3 is 12.0 Å². The average molecular weight is 297 g/mol. The number of nitro benzene ring substituents is 1. The van der Waals surface area contributed by atoms with Gasteiger partial charge in [0.15, 0.2) is 6.10 Å². The van der Waals surface area contributed by atoms with Crippen molar-refractivity contribution in [1.82, 2.24) is 5.32 Å². The molecule has 0 saturated carbocycles. The number of urea groups is 1. The molecule has 0 saturated heterocycles. The first kappa shape index (κ1) is 15.9. The van der Waals surface area contributed by atoms with Crippen molar-refractivity contribution in [2.45, 2.75) is 13.0 Å². The molecule has 112 valence electrons. The molecule has 0 aliphatic carbocycles. The third-order valence-electron chi connectivity index (χ3n) is 2.32. The van der Waals surface area contributed by atoms with Gasteiger partial charge in [0.05, 0.1) is 4.92 Å². The highest BCUT2D eigenvalue weighted by Gasteiger charge is 2.22. The van der Waals surface area contributed by atoms with Crippen LogP contribution in [-0.4, -0.2) is 34.0 Å². The number of carboxylic acids is 1. The molecule has 1 atom stereocenters. The van der Waals surface area contributed by atoms with Gasteiger partial charge in [0.1, 0.15) is 11.3 Å². The van der Waals surface area contributed by atoms with Crippen LogP contribution < -0.4 is 15.8 Å². The maximum atomic E-state index is 11.4. The van der Waals surface area contributed by atoms with Crippen LogP contribution in [0.2, 0.25) is 0 Å². The van der Waals surface area contributed by atoms with Crippen LogP contribution in [0.4, 0.5) is 10.5 Å². The van der Waals surface area contributed by atoms with E-state index in [1.807, 2.05) is 0 Å². The molecule has 1 aromatic carbocycles. The minimum atomic E-state index is -1.51. The minimum Gasteiger partial charge on any atom is -0.481 e. The zero-order valence-electron chi connectivity index (χ0n) is 10.7. The van der Waals surface area contributed by atoms with E-state index in [0.29, 0.717) is 0 Å². The number of amides is 3. The first-order valence-electron chi connectivity index (χ1n) is 5.51. The number of aromatic carboxylic acids is 1. The van der Waals surface area contributed by atoms with Crippen LogP contribution in [-0.2, 0) is 4.79 Å². The van der Waals surface area contributed by atoms with Gasteiger partial charge in [-0.05, 0) is 13.0 Å². The van der Waals surface area contributed by atoms with Crippen LogP contribution in [0, 0.1) is 10.1 Å². The Kier molecular flexibility index (Phi) is 4.78. The molecule has 0 spiro atoms. The smallest absolute Gasteiger partial charge is 0.342 e. The molecule has 21 heavy (non-hydrogen) atoms. The van der Waals surface area contributed by atoms with Crippen molar-refractivity contribution in [3.05, 3.63) is 33.9 Å². The van der Waals surface area contributed by atoms with E-state index in [4.69, 9.17) is 15.6 Å². The van der Waals surface area contributed by atoms with Crippen LogP contribution in [0.5, 0.6) is 5.75 Å². The Labute approximate surface area is 117 Å². The lowest BCUT2D eigenvalue weighted by Crippen LogP contribution is -2.42.